The average molecular weight is 490 g/mol. The maximum Gasteiger partial charge on any atom is 0.178 e. The van der Waals surface area contributed by atoms with E-state index in [1.165, 1.54) is 38.0 Å². The lowest BCUT2D eigenvalue weighted by Crippen LogP contribution is -2.56. The maximum atomic E-state index is 6.26. The van der Waals surface area contributed by atoms with Crippen LogP contribution in [0, 0.1) is 12.8 Å². The topological polar surface area (TPSA) is 64.2 Å². The Morgan fingerprint density at radius 1 is 0.972 bits per heavy atom. The summed E-state index contributed by atoms with van der Waals surface area (Å²) < 4.78 is 10.4. The first-order chi connectivity index (χ1) is 17.4. The van der Waals surface area contributed by atoms with Crippen molar-refractivity contribution < 1.29 is 4.74 Å². The largest absolute Gasteiger partial charge is 0.491 e. The van der Waals surface area contributed by atoms with Crippen molar-refractivity contribution >= 4 is 5.69 Å². The van der Waals surface area contributed by atoms with Gasteiger partial charge in [0.25, 0.3) is 0 Å². The first-order valence-corrected chi connectivity index (χ1v) is 13.7. The highest BCUT2D eigenvalue weighted by molar-refractivity contribution is 5.72. The van der Waals surface area contributed by atoms with Gasteiger partial charge >= 0.3 is 0 Å². The quantitative estimate of drug-likeness (QED) is 0.514. The number of nitrogens with zero attached hydrogens (tertiary/aromatic N) is 7. The monoisotopic (exact) mass is 489 g/mol. The van der Waals surface area contributed by atoms with E-state index < -0.39 is 0 Å². The second kappa shape index (κ2) is 9.21. The molecule has 1 aromatic carbocycles. The van der Waals surface area contributed by atoms with Crippen LogP contribution in [0.15, 0.2) is 24.4 Å². The number of aromatic nitrogens is 5. The summed E-state index contributed by atoms with van der Waals surface area (Å²) in [5.41, 5.74) is 3.20. The number of fused-ring (bicyclic) bond motifs is 3. The molecule has 3 aliphatic rings. The predicted octanol–water partition coefficient (Wildman–Crippen LogP) is 4.79. The smallest absolute Gasteiger partial charge is 0.178 e. The van der Waals surface area contributed by atoms with Gasteiger partial charge in [-0.25, -0.2) is 14.6 Å². The van der Waals surface area contributed by atoms with E-state index in [1.807, 2.05) is 11.6 Å². The van der Waals surface area contributed by atoms with Gasteiger partial charge in [-0.15, -0.1) is 0 Å². The van der Waals surface area contributed by atoms with Gasteiger partial charge in [0, 0.05) is 49.2 Å². The van der Waals surface area contributed by atoms with Gasteiger partial charge in [0.05, 0.1) is 12.1 Å². The third-order valence-corrected chi connectivity index (χ3v) is 8.19. The fourth-order valence-corrected chi connectivity index (χ4v) is 6.16. The number of anilines is 1. The lowest BCUT2D eigenvalue weighted by atomic mass is 9.82. The minimum Gasteiger partial charge on any atom is -0.491 e. The fourth-order valence-electron chi connectivity index (χ4n) is 6.16. The number of aryl methyl sites for hydroxylation is 1. The van der Waals surface area contributed by atoms with Crippen LogP contribution >= 0.6 is 0 Å². The number of imidazole rings is 1. The summed E-state index contributed by atoms with van der Waals surface area (Å²) in [5, 5.41) is 4.59. The van der Waals surface area contributed by atoms with E-state index in [1.54, 1.807) is 0 Å². The zero-order valence-corrected chi connectivity index (χ0v) is 22.3. The van der Waals surface area contributed by atoms with Gasteiger partial charge in [-0.1, -0.05) is 0 Å². The fraction of sp³-hybridized carbons (Fsp3) is 0.607. The number of likely N-dealkylation sites (tertiary alicyclic amines) is 1. The molecule has 192 valence electrons. The molecule has 36 heavy (non-hydrogen) atoms. The van der Waals surface area contributed by atoms with Crippen LogP contribution in [0.4, 0.5) is 5.69 Å². The van der Waals surface area contributed by atoms with Gasteiger partial charge in [-0.3, -0.25) is 0 Å². The molecule has 0 N–H and O–H groups in total. The van der Waals surface area contributed by atoms with Crippen molar-refractivity contribution in [3.8, 4) is 28.7 Å². The summed E-state index contributed by atoms with van der Waals surface area (Å²) in [4.78, 5) is 15.0. The number of piperidine rings is 1. The zero-order valence-electron chi connectivity index (χ0n) is 22.3. The summed E-state index contributed by atoms with van der Waals surface area (Å²) in [6.45, 7) is 15.8. The van der Waals surface area contributed by atoms with E-state index in [2.05, 4.69) is 76.5 Å². The van der Waals surface area contributed by atoms with Gasteiger partial charge in [-0.05, 0) is 78.5 Å². The Morgan fingerprint density at radius 2 is 1.83 bits per heavy atom. The third-order valence-electron chi connectivity index (χ3n) is 8.19. The summed E-state index contributed by atoms with van der Waals surface area (Å²) in [6, 6.07) is 8.21. The van der Waals surface area contributed by atoms with Gasteiger partial charge < -0.3 is 19.1 Å². The molecule has 2 atom stereocenters. The van der Waals surface area contributed by atoms with Crippen LogP contribution in [-0.4, -0.2) is 67.5 Å². The minimum atomic E-state index is 0.224. The van der Waals surface area contributed by atoms with E-state index in [0.717, 1.165) is 53.5 Å². The lowest BCUT2D eigenvalue weighted by molar-refractivity contribution is 0.111. The highest BCUT2D eigenvalue weighted by Gasteiger charge is 2.38. The summed E-state index contributed by atoms with van der Waals surface area (Å²) in [5.74, 6) is 4.23. The molecule has 0 spiro atoms. The molecule has 2 aromatic heterocycles. The normalized spacial score (nSPS) is 22.2. The second-order valence-corrected chi connectivity index (χ2v) is 11.2. The van der Waals surface area contributed by atoms with Crippen LogP contribution in [0.25, 0.3) is 22.9 Å². The number of ether oxygens (including phenoxy) is 1. The summed E-state index contributed by atoms with van der Waals surface area (Å²) in [7, 11) is 0. The van der Waals surface area contributed by atoms with E-state index in [4.69, 9.17) is 9.72 Å². The van der Waals surface area contributed by atoms with Crippen molar-refractivity contribution in [1.82, 2.24) is 29.2 Å². The Hall–Kier alpha value is -2.87. The molecule has 2 unspecified atom stereocenters. The molecule has 2 saturated heterocycles. The Morgan fingerprint density at radius 3 is 2.58 bits per heavy atom. The molecule has 5 heterocycles. The van der Waals surface area contributed by atoms with Crippen molar-refractivity contribution in [2.24, 2.45) is 5.92 Å². The molecule has 8 nitrogen and oxygen atoms in total. The van der Waals surface area contributed by atoms with Gasteiger partial charge in [0.2, 0.25) is 0 Å². The molecule has 2 fully saturated rings. The third kappa shape index (κ3) is 4.09. The first kappa shape index (κ1) is 23.5. The molecule has 0 aliphatic carbocycles. The molecule has 0 amide bonds. The van der Waals surface area contributed by atoms with Crippen LogP contribution in [0.1, 0.15) is 58.8 Å². The second-order valence-electron chi connectivity index (χ2n) is 11.2. The molecular weight excluding hydrogens is 450 g/mol. The van der Waals surface area contributed by atoms with Crippen molar-refractivity contribution in [2.45, 2.75) is 78.6 Å². The number of hydrogen-bond acceptors (Lipinski definition) is 6. The van der Waals surface area contributed by atoms with E-state index in [9.17, 15) is 0 Å². The minimum absolute atomic E-state index is 0.224. The highest BCUT2D eigenvalue weighted by atomic mass is 16.5. The predicted molar refractivity (Wildman–Crippen MR) is 142 cm³/mol. The summed E-state index contributed by atoms with van der Waals surface area (Å²) >= 11 is 0. The van der Waals surface area contributed by atoms with Crippen molar-refractivity contribution in [1.29, 1.82) is 0 Å². The van der Waals surface area contributed by atoms with Gasteiger partial charge in [-0.2, -0.15) is 5.10 Å². The van der Waals surface area contributed by atoms with Gasteiger partial charge in [0.1, 0.15) is 29.7 Å². The Bertz CT molecular complexity index is 1240. The molecule has 0 saturated carbocycles. The zero-order chi connectivity index (χ0) is 25.0. The molecular formula is C28H39N7O. The molecule has 0 radical (unpaired) electrons. The molecule has 3 aliphatic heterocycles. The van der Waals surface area contributed by atoms with Crippen LogP contribution in [-0.2, 0) is 6.54 Å². The standard InChI is InChI=1S/C28H39N7O/c1-18(2)32-11-6-7-21(16-32)25-10-12-34(25)22-8-9-23-26(15-22)36-14-13-33-17-24(30-27(23)33)28-29-20(5)31-35(28)19(3)4/h8-9,15,17-19,21,25H,6-7,10-14,16H2,1-5H3. The van der Waals surface area contributed by atoms with Crippen molar-refractivity contribution in [3.63, 3.8) is 0 Å². The molecule has 6 rings (SSSR count). The number of rotatable bonds is 5. The summed E-state index contributed by atoms with van der Waals surface area (Å²) in [6.07, 6.45) is 6.04. The van der Waals surface area contributed by atoms with E-state index in [0.29, 0.717) is 18.7 Å². The molecule has 3 aromatic rings. The number of benzene rings is 1. The van der Waals surface area contributed by atoms with E-state index >= 15 is 0 Å². The van der Waals surface area contributed by atoms with Crippen LogP contribution in [0.5, 0.6) is 5.75 Å². The van der Waals surface area contributed by atoms with Crippen LogP contribution in [0.2, 0.25) is 0 Å². The average Bonchev–Trinajstić information content (AvgIpc) is 3.38. The SMILES string of the molecule is Cc1nc(-c2cn3c(n2)-c2ccc(N4CCC4C4CCCN(C(C)C)C4)cc2OCC3)n(C(C)C)n1. The Labute approximate surface area is 214 Å². The van der Waals surface area contributed by atoms with Crippen molar-refractivity contribution in [3.05, 3.63) is 30.2 Å². The molecule has 0 bridgehead atoms. The van der Waals surface area contributed by atoms with Gasteiger partial charge in [0.15, 0.2) is 5.82 Å². The number of hydrogen-bond donors (Lipinski definition) is 0. The Kier molecular flexibility index (Phi) is 6.02. The highest BCUT2D eigenvalue weighted by Crippen LogP contribution is 2.41. The maximum absolute atomic E-state index is 6.26. The molecule has 8 heteroatoms. The van der Waals surface area contributed by atoms with Crippen LogP contribution in [0.3, 0.4) is 0 Å². The van der Waals surface area contributed by atoms with Crippen molar-refractivity contribution in [2.75, 3.05) is 31.1 Å². The first-order valence-electron chi connectivity index (χ1n) is 13.7. The van der Waals surface area contributed by atoms with E-state index in [-0.39, 0.29) is 6.04 Å². The Balaban J connectivity index is 1.28. The lowest BCUT2D eigenvalue weighted by Gasteiger charge is -2.50. The van der Waals surface area contributed by atoms with Crippen LogP contribution < -0.4 is 9.64 Å².